The summed E-state index contributed by atoms with van der Waals surface area (Å²) in [5, 5.41) is 3.86. The lowest BCUT2D eigenvalue weighted by atomic mass is 10.1. The van der Waals surface area contributed by atoms with Crippen LogP contribution in [0.5, 0.6) is 0 Å². The predicted molar refractivity (Wildman–Crippen MR) is 78.8 cm³/mol. The van der Waals surface area contributed by atoms with Crippen molar-refractivity contribution in [3.63, 3.8) is 0 Å². The number of aromatic nitrogens is 2. The molecular formula is C14H18N4OS. The number of carbonyl (C=O) groups excluding carboxylic acids is 1. The molecule has 1 N–H and O–H groups in total. The third kappa shape index (κ3) is 2.48. The number of imidazole rings is 1. The summed E-state index contributed by atoms with van der Waals surface area (Å²) in [7, 11) is 0. The van der Waals surface area contributed by atoms with E-state index in [0.717, 1.165) is 31.0 Å². The molecule has 5 nitrogen and oxygen atoms in total. The fourth-order valence-electron chi connectivity index (χ4n) is 2.67. The third-order valence-electron chi connectivity index (χ3n) is 3.79. The first-order valence-corrected chi connectivity index (χ1v) is 7.78. The number of amides is 1. The first-order valence-electron chi connectivity index (χ1n) is 6.84. The maximum atomic E-state index is 12.5. The van der Waals surface area contributed by atoms with Crippen LogP contribution in [-0.4, -0.2) is 51.9 Å². The van der Waals surface area contributed by atoms with Crippen molar-refractivity contribution < 1.29 is 4.79 Å². The fourth-order valence-corrected chi connectivity index (χ4v) is 3.30. The van der Waals surface area contributed by atoms with Crippen molar-refractivity contribution >= 4 is 17.2 Å². The monoisotopic (exact) mass is 290 g/mol. The van der Waals surface area contributed by atoms with Crippen molar-refractivity contribution in [1.29, 1.82) is 0 Å². The maximum Gasteiger partial charge on any atom is 0.254 e. The quantitative estimate of drug-likeness (QED) is 0.940. The Morgan fingerprint density at radius 2 is 2.45 bits per heavy atom. The van der Waals surface area contributed by atoms with Gasteiger partial charge < -0.3 is 9.88 Å². The normalized spacial score (nSPS) is 20.2. The van der Waals surface area contributed by atoms with Crippen molar-refractivity contribution in [3.8, 4) is 0 Å². The molecule has 1 saturated heterocycles. The molecule has 0 unspecified atom stereocenters. The second-order valence-electron chi connectivity index (χ2n) is 4.88. The van der Waals surface area contributed by atoms with Gasteiger partial charge in [-0.05, 0) is 18.0 Å². The zero-order valence-electron chi connectivity index (χ0n) is 11.5. The molecule has 6 heteroatoms. The van der Waals surface area contributed by atoms with Crippen LogP contribution in [0.25, 0.3) is 0 Å². The van der Waals surface area contributed by atoms with E-state index < -0.39 is 0 Å². The van der Waals surface area contributed by atoms with E-state index in [0.29, 0.717) is 6.54 Å². The number of H-pyrrole nitrogens is 1. The lowest BCUT2D eigenvalue weighted by Crippen LogP contribution is -2.50. The summed E-state index contributed by atoms with van der Waals surface area (Å²) in [6.45, 7) is 5.46. The van der Waals surface area contributed by atoms with Crippen molar-refractivity contribution in [1.82, 2.24) is 19.8 Å². The standard InChI is InChI=1S/C14H18N4OS/c1-2-17-6-7-18(14(19)11-3-8-20-10-11)9-12(17)13-15-4-5-16-13/h3-5,8,10,12H,2,6-7,9H2,1H3,(H,15,16)/t12-/m1/s1. The van der Waals surface area contributed by atoms with Gasteiger partial charge in [-0.2, -0.15) is 11.3 Å². The Hall–Kier alpha value is -1.66. The van der Waals surface area contributed by atoms with Gasteiger partial charge >= 0.3 is 0 Å². The molecule has 1 aliphatic heterocycles. The number of hydrogen-bond donors (Lipinski definition) is 1. The second-order valence-corrected chi connectivity index (χ2v) is 5.66. The van der Waals surface area contributed by atoms with E-state index in [4.69, 9.17) is 0 Å². The minimum Gasteiger partial charge on any atom is -0.347 e. The summed E-state index contributed by atoms with van der Waals surface area (Å²) in [5.74, 6) is 1.06. The van der Waals surface area contributed by atoms with Crippen LogP contribution in [0, 0.1) is 0 Å². The fraction of sp³-hybridized carbons (Fsp3) is 0.429. The molecule has 20 heavy (non-hydrogen) atoms. The van der Waals surface area contributed by atoms with Crippen LogP contribution < -0.4 is 0 Å². The third-order valence-corrected chi connectivity index (χ3v) is 4.47. The van der Waals surface area contributed by atoms with Gasteiger partial charge in [-0.15, -0.1) is 0 Å². The molecule has 3 heterocycles. The number of likely N-dealkylation sites (N-methyl/N-ethyl adjacent to an activating group) is 1. The summed E-state index contributed by atoms with van der Waals surface area (Å²) in [6.07, 6.45) is 3.60. The molecule has 0 aromatic carbocycles. The van der Waals surface area contributed by atoms with Gasteiger partial charge in [-0.3, -0.25) is 9.69 Å². The number of nitrogens with one attached hydrogen (secondary N) is 1. The Morgan fingerprint density at radius 1 is 1.55 bits per heavy atom. The van der Waals surface area contributed by atoms with E-state index in [-0.39, 0.29) is 11.9 Å². The minimum atomic E-state index is 0.124. The van der Waals surface area contributed by atoms with Gasteiger partial charge in [-0.25, -0.2) is 4.98 Å². The SMILES string of the molecule is CCN1CCN(C(=O)c2ccsc2)C[C@@H]1c1ncc[nH]1. The maximum absolute atomic E-state index is 12.5. The van der Waals surface area contributed by atoms with Crippen molar-refractivity contribution in [2.45, 2.75) is 13.0 Å². The van der Waals surface area contributed by atoms with Crippen LogP contribution in [0.3, 0.4) is 0 Å². The van der Waals surface area contributed by atoms with Crippen molar-refractivity contribution in [2.75, 3.05) is 26.2 Å². The molecule has 0 saturated carbocycles. The molecule has 106 valence electrons. The van der Waals surface area contributed by atoms with Gasteiger partial charge in [0.1, 0.15) is 5.82 Å². The van der Waals surface area contributed by atoms with E-state index in [2.05, 4.69) is 21.8 Å². The van der Waals surface area contributed by atoms with Gasteiger partial charge in [0.25, 0.3) is 5.91 Å². The number of hydrogen-bond acceptors (Lipinski definition) is 4. The first-order chi connectivity index (χ1) is 9.79. The zero-order valence-corrected chi connectivity index (χ0v) is 12.3. The Bertz CT molecular complexity index is 552. The highest BCUT2D eigenvalue weighted by molar-refractivity contribution is 7.08. The number of thiophene rings is 1. The van der Waals surface area contributed by atoms with Crippen LogP contribution in [0.15, 0.2) is 29.2 Å². The molecular weight excluding hydrogens is 272 g/mol. The number of aromatic amines is 1. The van der Waals surface area contributed by atoms with Crippen LogP contribution in [-0.2, 0) is 0 Å². The van der Waals surface area contributed by atoms with Gasteiger partial charge in [0.15, 0.2) is 0 Å². The Morgan fingerprint density at radius 3 is 3.10 bits per heavy atom. The minimum absolute atomic E-state index is 0.124. The molecule has 0 bridgehead atoms. The average Bonchev–Trinajstić information content (AvgIpc) is 3.18. The van der Waals surface area contributed by atoms with Gasteiger partial charge in [0.2, 0.25) is 0 Å². The number of piperazine rings is 1. The highest BCUT2D eigenvalue weighted by Gasteiger charge is 2.31. The summed E-state index contributed by atoms with van der Waals surface area (Å²) in [4.78, 5) is 24.3. The zero-order chi connectivity index (χ0) is 13.9. The number of rotatable bonds is 3. The topological polar surface area (TPSA) is 52.2 Å². The number of nitrogens with zero attached hydrogens (tertiary/aromatic N) is 3. The van der Waals surface area contributed by atoms with Gasteiger partial charge in [0.05, 0.1) is 11.6 Å². The summed E-state index contributed by atoms with van der Waals surface area (Å²) >= 11 is 1.56. The summed E-state index contributed by atoms with van der Waals surface area (Å²) in [6, 6.07) is 2.05. The van der Waals surface area contributed by atoms with E-state index in [1.165, 1.54) is 0 Å². The lowest BCUT2D eigenvalue weighted by molar-refractivity contribution is 0.0480. The molecule has 1 amide bonds. The Kier molecular flexibility index (Phi) is 3.84. The van der Waals surface area contributed by atoms with Crippen LogP contribution >= 0.6 is 11.3 Å². The van der Waals surface area contributed by atoms with E-state index in [1.54, 1.807) is 17.5 Å². The van der Waals surface area contributed by atoms with Crippen LogP contribution in [0.4, 0.5) is 0 Å². The molecule has 2 aromatic heterocycles. The smallest absolute Gasteiger partial charge is 0.254 e. The molecule has 0 aliphatic carbocycles. The molecule has 1 aliphatic rings. The second kappa shape index (κ2) is 5.76. The first kappa shape index (κ1) is 13.3. The Balaban J connectivity index is 1.78. The molecule has 1 fully saturated rings. The molecule has 0 spiro atoms. The largest absolute Gasteiger partial charge is 0.347 e. The van der Waals surface area contributed by atoms with E-state index in [1.807, 2.05) is 27.9 Å². The van der Waals surface area contributed by atoms with Crippen molar-refractivity contribution in [2.24, 2.45) is 0 Å². The summed E-state index contributed by atoms with van der Waals surface area (Å²) < 4.78 is 0. The molecule has 0 radical (unpaired) electrons. The van der Waals surface area contributed by atoms with Crippen molar-refractivity contribution in [3.05, 3.63) is 40.6 Å². The number of carbonyl (C=O) groups is 1. The highest BCUT2D eigenvalue weighted by atomic mass is 32.1. The lowest BCUT2D eigenvalue weighted by Gasteiger charge is -2.40. The van der Waals surface area contributed by atoms with E-state index >= 15 is 0 Å². The van der Waals surface area contributed by atoms with Gasteiger partial charge in [0, 0.05) is 37.4 Å². The Labute approximate surface area is 122 Å². The van der Waals surface area contributed by atoms with Gasteiger partial charge in [-0.1, -0.05) is 6.92 Å². The molecule has 2 aromatic rings. The molecule has 3 rings (SSSR count). The average molecular weight is 290 g/mol. The molecule has 1 atom stereocenters. The van der Waals surface area contributed by atoms with E-state index in [9.17, 15) is 4.79 Å². The summed E-state index contributed by atoms with van der Waals surface area (Å²) in [5.41, 5.74) is 0.790. The highest BCUT2D eigenvalue weighted by Crippen LogP contribution is 2.24. The van der Waals surface area contributed by atoms with Crippen LogP contribution in [0.1, 0.15) is 29.1 Å². The predicted octanol–water partition coefficient (Wildman–Crippen LogP) is 1.99. The van der Waals surface area contributed by atoms with Crippen LogP contribution in [0.2, 0.25) is 0 Å².